The number of hydrogen-bond acceptors (Lipinski definition) is 8. The summed E-state index contributed by atoms with van der Waals surface area (Å²) in [6.45, 7) is 6.02. The van der Waals surface area contributed by atoms with Crippen LogP contribution in [0.3, 0.4) is 0 Å². The van der Waals surface area contributed by atoms with Gasteiger partial charge in [-0.15, -0.1) is 11.3 Å². The Morgan fingerprint density at radius 2 is 1.72 bits per heavy atom. The van der Waals surface area contributed by atoms with E-state index in [1.54, 1.807) is 11.3 Å². The maximum Gasteiger partial charge on any atom is 0.251 e. The zero-order valence-corrected chi connectivity index (χ0v) is 30.5. The normalized spacial score (nSPS) is 26.7. The second kappa shape index (κ2) is 16.3. The number of amides is 4. The smallest absolute Gasteiger partial charge is 0.251 e. The number of rotatable bonds is 7. The summed E-state index contributed by atoms with van der Waals surface area (Å²) >= 11 is 1.65. The highest BCUT2D eigenvalue weighted by atomic mass is 32.1. The summed E-state index contributed by atoms with van der Waals surface area (Å²) in [4.78, 5) is 68.2. The molecule has 3 fully saturated rings. The van der Waals surface area contributed by atoms with Crippen molar-refractivity contribution in [3.63, 3.8) is 0 Å². The van der Waals surface area contributed by atoms with Gasteiger partial charge in [0, 0.05) is 80.2 Å². The molecule has 3 saturated heterocycles. The number of nitrogens with zero attached hydrogens (tertiary/aromatic N) is 5. The number of fused-ring (bicyclic) bond motifs is 2. The summed E-state index contributed by atoms with van der Waals surface area (Å²) in [6, 6.07) is 5.54. The number of hydrogen-bond donors (Lipinski definition) is 2. The Balaban J connectivity index is 1.14. The van der Waals surface area contributed by atoms with Crippen molar-refractivity contribution >= 4 is 35.0 Å². The lowest BCUT2D eigenvalue weighted by Gasteiger charge is -2.41. The molecule has 13 heteroatoms. The predicted octanol–water partition coefficient (Wildman–Crippen LogP) is 3.32. The van der Waals surface area contributed by atoms with Crippen molar-refractivity contribution in [2.45, 2.75) is 101 Å². The van der Waals surface area contributed by atoms with Gasteiger partial charge in [0.05, 0.1) is 23.2 Å². The van der Waals surface area contributed by atoms with E-state index in [2.05, 4.69) is 39.4 Å². The quantitative estimate of drug-likeness (QED) is 0.424. The minimum atomic E-state index is -0.390. The van der Waals surface area contributed by atoms with Gasteiger partial charge in [-0.25, -0.2) is 9.37 Å². The Morgan fingerprint density at radius 1 is 1.02 bits per heavy atom. The number of aryl methyl sites for hydroxylation is 1. The Morgan fingerprint density at radius 3 is 2.42 bits per heavy atom. The maximum atomic E-state index is 14.1. The first-order valence-electron chi connectivity index (χ1n) is 18.3. The summed E-state index contributed by atoms with van der Waals surface area (Å²) in [7, 11) is 4.19. The van der Waals surface area contributed by atoms with Gasteiger partial charge < -0.3 is 25.3 Å². The van der Waals surface area contributed by atoms with Gasteiger partial charge in [-0.3, -0.25) is 24.1 Å². The third-order valence-corrected chi connectivity index (χ3v) is 12.3. The minimum Gasteiger partial charge on any atom is -0.353 e. The van der Waals surface area contributed by atoms with Crippen molar-refractivity contribution < 1.29 is 23.6 Å². The Bertz CT molecular complexity index is 1520. The third kappa shape index (κ3) is 8.71. The van der Waals surface area contributed by atoms with Gasteiger partial charge in [0.15, 0.2) is 0 Å². The van der Waals surface area contributed by atoms with Crippen LogP contribution in [0, 0.1) is 12.7 Å². The van der Waals surface area contributed by atoms with E-state index in [-0.39, 0.29) is 66.3 Å². The molecule has 1 aromatic carbocycles. The van der Waals surface area contributed by atoms with Crippen molar-refractivity contribution in [1.29, 1.82) is 0 Å². The second-order valence-electron chi connectivity index (χ2n) is 14.7. The highest BCUT2D eigenvalue weighted by molar-refractivity contribution is 7.11. The van der Waals surface area contributed by atoms with Gasteiger partial charge in [0.25, 0.3) is 5.91 Å². The standard InChI is InChI=1S/C37H52FN7O4S/c1-24-31-22-33(46)40-28(6-4-5-15-39-35(48)25-7-9-27(38)10-8-25)20-34(47)43-18-13-29(14-19-43)45-23-30(42(2)3)21-32(45)37(49)44-16-11-26(12-17-44)36(41-31)50-24/h7-10,26,28-30,32H,4-6,11-23H2,1-3H3,(H,39,48)(H,40,46)/t28-,30-,32-/m0/s1. The number of halogens is 1. The molecular formula is C37H52FN7O4S. The molecule has 6 bridgehead atoms. The van der Waals surface area contributed by atoms with Crippen LogP contribution >= 0.6 is 11.3 Å². The number of benzene rings is 1. The lowest BCUT2D eigenvalue weighted by molar-refractivity contribution is -0.139. The molecule has 272 valence electrons. The molecule has 0 unspecified atom stereocenters. The van der Waals surface area contributed by atoms with E-state index in [0.29, 0.717) is 50.5 Å². The van der Waals surface area contributed by atoms with E-state index in [1.165, 1.54) is 24.3 Å². The van der Waals surface area contributed by atoms with E-state index in [0.717, 1.165) is 67.3 Å². The van der Waals surface area contributed by atoms with E-state index in [4.69, 9.17) is 4.98 Å². The Labute approximate surface area is 298 Å². The van der Waals surface area contributed by atoms with Crippen LogP contribution in [0.5, 0.6) is 0 Å². The molecule has 2 aromatic rings. The van der Waals surface area contributed by atoms with E-state index >= 15 is 0 Å². The first-order chi connectivity index (χ1) is 24.0. The molecule has 2 N–H and O–H groups in total. The molecule has 11 nitrogen and oxygen atoms in total. The largest absolute Gasteiger partial charge is 0.353 e. The molecule has 0 saturated carbocycles. The van der Waals surface area contributed by atoms with Crippen molar-refractivity contribution in [3.05, 3.63) is 51.2 Å². The number of carbonyl (C=O) groups excluding carboxylic acids is 4. The SMILES string of the molecule is Cc1sc2nc1CC(=O)N[C@@H](CCCCNC(=O)c1ccc(F)cc1)CC(=O)N1CCC(CC1)N1C[C@@H](N(C)C)C[C@H]1C(=O)N1CCC2CC1. The van der Waals surface area contributed by atoms with Gasteiger partial charge in [-0.05, 0) is 96.7 Å². The van der Waals surface area contributed by atoms with Crippen molar-refractivity contribution in [1.82, 2.24) is 35.2 Å². The first kappa shape index (κ1) is 36.4. The number of likely N-dealkylation sites (N-methyl/N-ethyl adjacent to an activating group) is 1. The van der Waals surface area contributed by atoms with Crippen LogP contribution in [-0.4, -0.2) is 126 Å². The van der Waals surface area contributed by atoms with Crippen LogP contribution in [0.1, 0.15) is 89.6 Å². The molecule has 6 aliphatic rings. The maximum absolute atomic E-state index is 14.1. The zero-order valence-electron chi connectivity index (χ0n) is 29.7. The summed E-state index contributed by atoms with van der Waals surface area (Å²) in [5, 5.41) is 7.09. The van der Waals surface area contributed by atoms with Crippen LogP contribution in [0.4, 0.5) is 4.39 Å². The minimum absolute atomic E-state index is 0.0310. The molecule has 0 radical (unpaired) electrons. The fraction of sp³-hybridized carbons (Fsp3) is 0.649. The average molecular weight is 710 g/mol. The second-order valence-corrected chi connectivity index (χ2v) is 16.0. The highest BCUT2D eigenvalue weighted by Crippen LogP contribution is 2.35. The molecular weight excluding hydrogens is 658 g/mol. The van der Waals surface area contributed by atoms with Crippen LogP contribution in [-0.2, 0) is 20.8 Å². The highest BCUT2D eigenvalue weighted by Gasteiger charge is 2.44. The van der Waals surface area contributed by atoms with Crippen LogP contribution in [0.15, 0.2) is 24.3 Å². The third-order valence-electron chi connectivity index (χ3n) is 11.2. The molecule has 0 spiro atoms. The summed E-state index contributed by atoms with van der Waals surface area (Å²) < 4.78 is 13.2. The lowest BCUT2D eigenvalue weighted by Crippen LogP contribution is -2.54. The molecule has 1 aromatic heterocycles. The van der Waals surface area contributed by atoms with Crippen LogP contribution in [0.2, 0.25) is 0 Å². The van der Waals surface area contributed by atoms with Gasteiger partial charge in [-0.1, -0.05) is 0 Å². The fourth-order valence-electron chi connectivity index (χ4n) is 8.07. The fourth-order valence-corrected chi connectivity index (χ4v) is 9.18. The summed E-state index contributed by atoms with van der Waals surface area (Å²) in [5.74, 6) is -0.243. The molecule has 7 heterocycles. The van der Waals surface area contributed by atoms with Crippen molar-refractivity contribution in [3.8, 4) is 0 Å². The van der Waals surface area contributed by atoms with E-state index in [9.17, 15) is 23.6 Å². The van der Waals surface area contributed by atoms with Crippen molar-refractivity contribution in [2.24, 2.45) is 0 Å². The number of carbonyl (C=O) groups is 4. The van der Waals surface area contributed by atoms with Gasteiger partial charge in [0.1, 0.15) is 5.82 Å². The average Bonchev–Trinajstić information content (AvgIpc) is 3.72. The van der Waals surface area contributed by atoms with Gasteiger partial charge in [-0.2, -0.15) is 0 Å². The number of nitrogens with one attached hydrogen (secondary N) is 2. The number of thiazole rings is 1. The molecule has 50 heavy (non-hydrogen) atoms. The lowest BCUT2D eigenvalue weighted by atomic mass is 9.96. The van der Waals surface area contributed by atoms with Gasteiger partial charge in [0.2, 0.25) is 17.7 Å². The first-order valence-corrected chi connectivity index (χ1v) is 19.2. The van der Waals surface area contributed by atoms with Crippen molar-refractivity contribution in [2.75, 3.05) is 53.4 Å². The molecule has 4 amide bonds. The molecule has 3 atom stereocenters. The molecule has 6 aliphatic heterocycles. The summed E-state index contributed by atoms with van der Waals surface area (Å²) in [6.07, 6.45) is 6.59. The zero-order chi connectivity index (χ0) is 35.4. The Hall–Kier alpha value is -3.42. The number of piperidine rings is 2. The number of unbranched alkanes of at least 4 members (excludes halogenated alkanes) is 1. The van der Waals surface area contributed by atoms with Gasteiger partial charge >= 0.3 is 0 Å². The monoisotopic (exact) mass is 709 g/mol. The van der Waals surface area contributed by atoms with Crippen LogP contribution in [0.25, 0.3) is 0 Å². The summed E-state index contributed by atoms with van der Waals surface area (Å²) in [5.41, 5.74) is 1.18. The van der Waals surface area contributed by atoms with E-state index in [1.807, 2.05) is 11.8 Å². The molecule has 8 rings (SSSR count). The Kier molecular flexibility index (Phi) is 11.8. The molecule has 0 aliphatic carbocycles. The number of aromatic nitrogens is 1. The van der Waals surface area contributed by atoms with Crippen LogP contribution < -0.4 is 10.6 Å². The van der Waals surface area contributed by atoms with E-state index < -0.39 is 0 Å². The predicted molar refractivity (Wildman–Crippen MR) is 190 cm³/mol. The topological polar surface area (TPSA) is 118 Å².